The van der Waals surface area contributed by atoms with Crippen LogP contribution in [-0.4, -0.2) is 16.9 Å². The smallest absolute Gasteiger partial charge is 0.270 e. The topological polar surface area (TPSA) is 70.7 Å². The summed E-state index contributed by atoms with van der Waals surface area (Å²) in [6, 6.07) is 29.7. The quantitative estimate of drug-likeness (QED) is 0.169. The molecule has 40 heavy (non-hydrogen) atoms. The third kappa shape index (κ3) is 5.00. The van der Waals surface area contributed by atoms with Gasteiger partial charge in [0.25, 0.3) is 11.8 Å². The molecule has 4 aromatic carbocycles. The second-order valence-electron chi connectivity index (χ2n) is 9.21. The summed E-state index contributed by atoms with van der Waals surface area (Å²) in [5.41, 5.74) is 3.62. The van der Waals surface area contributed by atoms with Crippen LogP contribution in [0.3, 0.4) is 0 Å². The first kappa shape index (κ1) is 25.2. The minimum Gasteiger partial charge on any atom is -0.457 e. The fourth-order valence-electron chi connectivity index (χ4n) is 4.65. The van der Waals surface area contributed by atoms with E-state index in [1.807, 2.05) is 60.7 Å². The van der Waals surface area contributed by atoms with Crippen molar-refractivity contribution in [3.8, 4) is 11.5 Å². The van der Waals surface area contributed by atoms with Crippen molar-refractivity contribution in [1.29, 1.82) is 0 Å². The molecule has 6 rings (SSSR count). The van der Waals surface area contributed by atoms with Crippen molar-refractivity contribution in [3.63, 3.8) is 0 Å². The second-order valence-corrected chi connectivity index (χ2v) is 9.59. The van der Waals surface area contributed by atoms with E-state index in [0.29, 0.717) is 22.8 Å². The molecule has 1 fully saturated rings. The summed E-state index contributed by atoms with van der Waals surface area (Å²) in [5.74, 6) is -0.169. The zero-order valence-electron chi connectivity index (χ0n) is 21.0. The van der Waals surface area contributed by atoms with Gasteiger partial charge in [-0.25, -0.2) is 4.39 Å². The summed E-state index contributed by atoms with van der Waals surface area (Å²) in [7, 11) is 0. The number of ether oxygens (including phenoxy) is 1. The Balaban J connectivity index is 1.33. The molecule has 0 spiro atoms. The van der Waals surface area contributed by atoms with Gasteiger partial charge in [0.2, 0.25) is 0 Å². The molecule has 1 unspecified atom stereocenters. The van der Waals surface area contributed by atoms with E-state index in [1.165, 1.54) is 17.0 Å². The Labute approximate surface area is 235 Å². The first-order valence-corrected chi connectivity index (χ1v) is 12.9. The zero-order chi connectivity index (χ0) is 27.6. The molecule has 2 heterocycles. The van der Waals surface area contributed by atoms with Gasteiger partial charge in [-0.05, 0) is 90.1 Å². The third-order valence-electron chi connectivity index (χ3n) is 6.60. The van der Waals surface area contributed by atoms with Crippen LogP contribution in [-0.2, 0) is 9.59 Å². The number of amides is 2. The number of nitrogens with zero attached hydrogens (tertiary/aromatic N) is 1. The van der Waals surface area contributed by atoms with Crippen LogP contribution < -0.4 is 20.3 Å². The van der Waals surface area contributed by atoms with Crippen LogP contribution in [0, 0.1) is 5.82 Å². The summed E-state index contributed by atoms with van der Waals surface area (Å²) < 4.78 is 19.4. The highest BCUT2D eigenvalue weighted by molar-refractivity contribution is 7.80. The maximum atomic E-state index is 13.7. The Bertz CT molecular complexity index is 1680. The van der Waals surface area contributed by atoms with Crippen molar-refractivity contribution in [1.82, 2.24) is 5.32 Å². The van der Waals surface area contributed by atoms with Gasteiger partial charge in [-0.2, -0.15) is 0 Å². The van der Waals surface area contributed by atoms with Gasteiger partial charge in [-0.15, -0.1) is 0 Å². The highest BCUT2D eigenvalue weighted by Crippen LogP contribution is 2.37. The van der Waals surface area contributed by atoms with Gasteiger partial charge in [0.15, 0.2) is 5.11 Å². The van der Waals surface area contributed by atoms with Gasteiger partial charge >= 0.3 is 0 Å². The molecule has 2 N–H and O–H groups in total. The van der Waals surface area contributed by atoms with E-state index in [-0.39, 0.29) is 22.5 Å². The van der Waals surface area contributed by atoms with Crippen molar-refractivity contribution in [3.05, 3.63) is 138 Å². The molecule has 0 bridgehead atoms. The summed E-state index contributed by atoms with van der Waals surface area (Å²) >= 11 is 5.37. The Kier molecular flexibility index (Phi) is 6.67. The Hall–Kier alpha value is -5.08. The number of fused-ring (bicyclic) bond motifs is 1. The average Bonchev–Trinajstić information content (AvgIpc) is 2.97. The van der Waals surface area contributed by atoms with Crippen LogP contribution in [0.5, 0.6) is 11.5 Å². The summed E-state index contributed by atoms with van der Waals surface area (Å²) in [4.78, 5) is 28.0. The lowest BCUT2D eigenvalue weighted by Gasteiger charge is -2.30. The lowest BCUT2D eigenvalue weighted by atomic mass is 9.91. The minimum atomic E-state index is -0.578. The number of nitrogens with one attached hydrogen (secondary N) is 2. The molecule has 0 aromatic heterocycles. The number of thiocarbonyl (C=S) groups is 1. The Morgan fingerprint density at radius 2 is 1.50 bits per heavy atom. The molecule has 2 aliphatic heterocycles. The lowest BCUT2D eigenvalue weighted by Crippen LogP contribution is -2.54. The number of carbonyl (C=O) groups excluding carboxylic acids is 2. The van der Waals surface area contributed by atoms with Crippen molar-refractivity contribution >= 4 is 46.1 Å². The zero-order valence-corrected chi connectivity index (χ0v) is 21.8. The molecule has 1 atom stereocenters. The van der Waals surface area contributed by atoms with Gasteiger partial charge in [0.1, 0.15) is 22.9 Å². The molecular weight excluding hydrogens is 525 g/mol. The lowest BCUT2D eigenvalue weighted by molar-refractivity contribution is -0.122. The molecule has 8 heteroatoms. The SMILES string of the molecule is O=C1NC(=S)N(c2ccc(Oc3ccccc3)cc2)C(=O)C1=CC1=CC(c2ccc(F)cc2)Nc2ccccc21. The molecule has 0 radical (unpaired) electrons. The molecule has 1 saturated heterocycles. The monoisotopic (exact) mass is 547 g/mol. The van der Waals surface area contributed by atoms with Crippen LogP contribution in [0.1, 0.15) is 17.2 Å². The normalized spacial score (nSPS) is 17.6. The fraction of sp³-hybridized carbons (Fsp3) is 0.0312. The van der Waals surface area contributed by atoms with Gasteiger partial charge in [-0.3, -0.25) is 19.8 Å². The summed E-state index contributed by atoms with van der Waals surface area (Å²) in [6.45, 7) is 0. The van der Waals surface area contributed by atoms with Crippen molar-refractivity contribution in [2.24, 2.45) is 0 Å². The molecule has 6 nitrogen and oxygen atoms in total. The molecule has 2 amide bonds. The largest absolute Gasteiger partial charge is 0.457 e. The highest BCUT2D eigenvalue weighted by atomic mass is 32.1. The number of hydrogen-bond donors (Lipinski definition) is 2. The van der Waals surface area contributed by atoms with Crippen LogP contribution in [0.4, 0.5) is 15.8 Å². The maximum absolute atomic E-state index is 13.7. The highest BCUT2D eigenvalue weighted by Gasteiger charge is 2.35. The van der Waals surface area contributed by atoms with E-state index in [4.69, 9.17) is 17.0 Å². The van der Waals surface area contributed by atoms with Gasteiger partial charge in [0.05, 0.1) is 11.7 Å². The maximum Gasteiger partial charge on any atom is 0.270 e. The molecule has 196 valence electrons. The van der Waals surface area contributed by atoms with Crippen LogP contribution >= 0.6 is 12.2 Å². The number of allylic oxidation sites excluding steroid dienone is 2. The molecular formula is C32H22FN3O3S. The summed E-state index contributed by atoms with van der Waals surface area (Å²) in [6.07, 6.45) is 3.49. The Morgan fingerprint density at radius 1 is 0.825 bits per heavy atom. The number of halogens is 1. The number of hydrogen-bond acceptors (Lipinski definition) is 5. The number of anilines is 2. The van der Waals surface area contributed by atoms with Crippen molar-refractivity contribution in [2.75, 3.05) is 10.2 Å². The average molecular weight is 548 g/mol. The Morgan fingerprint density at radius 3 is 2.25 bits per heavy atom. The fourth-order valence-corrected chi connectivity index (χ4v) is 4.93. The van der Waals surface area contributed by atoms with E-state index < -0.39 is 11.8 Å². The van der Waals surface area contributed by atoms with Gasteiger partial charge in [0, 0.05) is 11.3 Å². The third-order valence-corrected chi connectivity index (χ3v) is 6.88. The predicted octanol–water partition coefficient (Wildman–Crippen LogP) is 6.54. The number of benzene rings is 4. The van der Waals surface area contributed by atoms with E-state index in [9.17, 15) is 14.0 Å². The molecule has 0 saturated carbocycles. The number of rotatable bonds is 5. The predicted molar refractivity (Wildman–Crippen MR) is 156 cm³/mol. The van der Waals surface area contributed by atoms with E-state index >= 15 is 0 Å². The van der Waals surface area contributed by atoms with E-state index in [2.05, 4.69) is 10.6 Å². The first-order valence-electron chi connectivity index (χ1n) is 12.5. The second kappa shape index (κ2) is 10.6. The van der Waals surface area contributed by atoms with Gasteiger partial charge < -0.3 is 10.1 Å². The summed E-state index contributed by atoms with van der Waals surface area (Å²) in [5, 5.41) is 6.06. The van der Waals surface area contributed by atoms with E-state index in [0.717, 1.165) is 16.8 Å². The van der Waals surface area contributed by atoms with Crippen LogP contribution in [0.2, 0.25) is 0 Å². The molecule has 4 aromatic rings. The van der Waals surface area contributed by atoms with Crippen LogP contribution in [0.15, 0.2) is 121 Å². The van der Waals surface area contributed by atoms with E-state index in [1.54, 1.807) is 42.5 Å². The first-order chi connectivity index (χ1) is 19.5. The van der Waals surface area contributed by atoms with Gasteiger partial charge in [-0.1, -0.05) is 48.5 Å². The number of carbonyl (C=O) groups is 2. The molecule has 2 aliphatic rings. The number of para-hydroxylation sites is 2. The minimum absolute atomic E-state index is 0.00671. The molecule has 0 aliphatic carbocycles. The standard InChI is InChI=1S/C32H22FN3O3S/c33-22-12-10-20(11-13-22)29-19-21(26-8-4-5-9-28(26)34-29)18-27-30(37)35-32(40)36(31(27)38)23-14-16-25(17-15-23)39-24-6-2-1-3-7-24/h1-19,29,34H,(H,35,37,40). The van der Waals surface area contributed by atoms with Crippen LogP contribution in [0.25, 0.3) is 5.57 Å². The van der Waals surface area contributed by atoms with Crippen molar-refractivity contribution < 1.29 is 18.7 Å². The van der Waals surface area contributed by atoms with Crippen molar-refractivity contribution in [2.45, 2.75) is 6.04 Å².